The Kier molecular flexibility index (Phi) is 6.21. The second-order valence-electron chi connectivity index (χ2n) is 6.88. The molecule has 1 aromatic heterocycles. The lowest BCUT2D eigenvalue weighted by Gasteiger charge is -2.17. The van der Waals surface area contributed by atoms with Crippen molar-refractivity contribution in [3.8, 4) is 5.75 Å². The number of halogens is 1. The van der Waals surface area contributed by atoms with Crippen LogP contribution in [0.15, 0.2) is 24.3 Å². The van der Waals surface area contributed by atoms with Gasteiger partial charge in [-0.3, -0.25) is 14.7 Å². The van der Waals surface area contributed by atoms with Gasteiger partial charge in [0.05, 0.1) is 7.11 Å². The first kappa shape index (κ1) is 20.2. The van der Waals surface area contributed by atoms with E-state index in [4.69, 9.17) is 4.74 Å². The van der Waals surface area contributed by atoms with Gasteiger partial charge in [0.2, 0.25) is 5.91 Å². The standard InChI is InChI=1S/C19H23N5O3.ClH/c1-27-13-4-2-12(3-5-13)11-24-9-7-16(19(24)26)21-18(25)17-14-10-20-8-6-15(14)22-23-17;/h2-5,16,20H,6-11H2,1H3,(H,21,25)(H,22,23);1H. The molecule has 1 aromatic carbocycles. The first-order chi connectivity index (χ1) is 13.2. The van der Waals surface area contributed by atoms with Crippen molar-refractivity contribution >= 4 is 24.2 Å². The number of benzene rings is 1. The number of aromatic nitrogens is 2. The van der Waals surface area contributed by atoms with Crippen LogP contribution in [0.4, 0.5) is 0 Å². The quantitative estimate of drug-likeness (QED) is 0.689. The zero-order chi connectivity index (χ0) is 18.8. The third-order valence-electron chi connectivity index (χ3n) is 5.16. The Labute approximate surface area is 169 Å². The largest absolute Gasteiger partial charge is 0.497 e. The van der Waals surface area contributed by atoms with E-state index in [0.29, 0.717) is 31.7 Å². The Hall–Kier alpha value is -2.58. The highest BCUT2D eigenvalue weighted by Crippen LogP contribution is 2.19. The van der Waals surface area contributed by atoms with E-state index in [2.05, 4.69) is 20.8 Å². The fraction of sp³-hybridized carbons (Fsp3) is 0.421. The Bertz CT molecular complexity index is 852. The molecule has 1 unspecified atom stereocenters. The van der Waals surface area contributed by atoms with Gasteiger partial charge in [-0.15, -0.1) is 12.4 Å². The molecule has 3 N–H and O–H groups in total. The monoisotopic (exact) mass is 405 g/mol. The minimum atomic E-state index is -0.500. The van der Waals surface area contributed by atoms with Crippen LogP contribution >= 0.6 is 12.4 Å². The number of methoxy groups -OCH3 is 1. The number of nitrogens with one attached hydrogen (secondary N) is 3. The predicted molar refractivity (Wildman–Crippen MR) is 106 cm³/mol. The lowest BCUT2D eigenvalue weighted by molar-refractivity contribution is -0.129. The van der Waals surface area contributed by atoms with Gasteiger partial charge in [-0.1, -0.05) is 12.1 Å². The molecule has 1 saturated heterocycles. The summed E-state index contributed by atoms with van der Waals surface area (Å²) in [5.74, 6) is 0.441. The SMILES string of the molecule is COc1ccc(CN2CCC(NC(=O)c3n[nH]c4c3CNCC4)C2=O)cc1.Cl. The summed E-state index contributed by atoms with van der Waals surface area (Å²) in [6.07, 6.45) is 1.43. The number of rotatable bonds is 5. The van der Waals surface area contributed by atoms with Crippen molar-refractivity contribution < 1.29 is 14.3 Å². The summed E-state index contributed by atoms with van der Waals surface area (Å²) in [5, 5.41) is 13.2. The summed E-state index contributed by atoms with van der Waals surface area (Å²) < 4.78 is 5.15. The number of amides is 2. The molecule has 150 valence electrons. The second-order valence-corrected chi connectivity index (χ2v) is 6.88. The molecular weight excluding hydrogens is 382 g/mol. The van der Waals surface area contributed by atoms with Crippen LogP contribution < -0.4 is 15.4 Å². The first-order valence-corrected chi connectivity index (χ1v) is 9.15. The summed E-state index contributed by atoms with van der Waals surface area (Å²) in [6, 6.07) is 7.15. The molecular formula is C19H24ClN5O3. The number of hydrogen-bond donors (Lipinski definition) is 3. The van der Waals surface area contributed by atoms with Crippen molar-refractivity contribution in [3.05, 3.63) is 46.8 Å². The zero-order valence-electron chi connectivity index (χ0n) is 15.7. The summed E-state index contributed by atoms with van der Waals surface area (Å²) in [4.78, 5) is 27.1. The fourth-order valence-electron chi connectivity index (χ4n) is 3.62. The summed E-state index contributed by atoms with van der Waals surface area (Å²) in [5.41, 5.74) is 3.32. The average molecular weight is 406 g/mol. The Morgan fingerprint density at radius 2 is 2.14 bits per heavy atom. The van der Waals surface area contributed by atoms with Crippen molar-refractivity contribution in [2.24, 2.45) is 0 Å². The van der Waals surface area contributed by atoms with E-state index < -0.39 is 6.04 Å². The van der Waals surface area contributed by atoms with Crippen molar-refractivity contribution in [2.75, 3.05) is 20.2 Å². The van der Waals surface area contributed by atoms with Crippen LogP contribution in [0.3, 0.4) is 0 Å². The zero-order valence-corrected chi connectivity index (χ0v) is 16.5. The van der Waals surface area contributed by atoms with Crippen LogP contribution in [0.2, 0.25) is 0 Å². The summed E-state index contributed by atoms with van der Waals surface area (Å²) in [6.45, 7) is 2.64. The molecule has 2 aromatic rings. The Balaban J connectivity index is 0.00000225. The van der Waals surface area contributed by atoms with Gasteiger partial charge >= 0.3 is 0 Å². The Morgan fingerprint density at radius 3 is 2.89 bits per heavy atom. The molecule has 0 saturated carbocycles. The van der Waals surface area contributed by atoms with Gasteiger partial charge in [0.25, 0.3) is 5.91 Å². The summed E-state index contributed by atoms with van der Waals surface area (Å²) >= 11 is 0. The number of ether oxygens (including phenoxy) is 1. The predicted octanol–water partition coefficient (Wildman–Crippen LogP) is 1.02. The maximum absolute atomic E-state index is 12.7. The van der Waals surface area contributed by atoms with Crippen LogP contribution in [-0.4, -0.2) is 53.2 Å². The van der Waals surface area contributed by atoms with Crippen molar-refractivity contribution in [1.29, 1.82) is 0 Å². The molecule has 0 bridgehead atoms. The van der Waals surface area contributed by atoms with Gasteiger partial charge in [0.15, 0.2) is 5.69 Å². The average Bonchev–Trinajstić information content (AvgIpc) is 3.27. The number of carbonyl (C=O) groups is 2. The molecule has 1 atom stereocenters. The van der Waals surface area contributed by atoms with E-state index in [1.54, 1.807) is 12.0 Å². The molecule has 4 rings (SSSR count). The van der Waals surface area contributed by atoms with Gasteiger partial charge in [-0.2, -0.15) is 5.10 Å². The smallest absolute Gasteiger partial charge is 0.272 e. The topological polar surface area (TPSA) is 99.3 Å². The van der Waals surface area contributed by atoms with Crippen LogP contribution in [0.5, 0.6) is 5.75 Å². The lowest BCUT2D eigenvalue weighted by Crippen LogP contribution is -2.42. The van der Waals surface area contributed by atoms with Crippen molar-refractivity contribution in [3.63, 3.8) is 0 Å². The number of carbonyl (C=O) groups excluding carboxylic acids is 2. The maximum atomic E-state index is 12.7. The molecule has 0 spiro atoms. The minimum absolute atomic E-state index is 0. The molecule has 2 aliphatic heterocycles. The molecule has 0 aliphatic carbocycles. The molecule has 2 aliphatic rings. The number of likely N-dealkylation sites (tertiary alicyclic amines) is 1. The van der Waals surface area contributed by atoms with Crippen LogP contribution in [0.1, 0.15) is 33.7 Å². The fourth-order valence-corrected chi connectivity index (χ4v) is 3.62. The molecule has 0 radical (unpaired) electrons. The molecule has 3 heterocycles. The third kappa shape index (κ3) is 3.98. The number of hydrogen-bond acceptors (Lipinski definition) is 5. The van der Waals surface area contributed by atoms with Gasteiger partial charge in [-0.05, 0) is 24.1 Å². The van der Waals surface area contributed by atoms with E-state index in [0.717, 1.165) is 35.5 Å². The van der Waals surface area contributed by atoms with Crippen LogP contribution in [-0.2, 0) is 24.3 Å². The second kappa shape index (κ2) is 8.62. The van der Waals surface area contributed by atoms with E-state index in [9.17, 15) is 9.59 Å². The highest BCUT2D eigenvalue weighted by atomic mass is 35.5. The van der Waals surface area contributed by atoms with Crippen LogP contribution in [0.25, 0.3) is 0 Å². The van der Waals surface area contributed by atoms with Gasteiger partial charge in [0, 0.05) is 43.9 Å². The highest BCUT2D eigenvalue weighted by molar-refractivity contribution is 5.97. The first-order valence-electron chi connectivity index (χ1n) is 9.15. The molecule has 28 heavy (non-hydrogen) atoms. The normalized spacial score (nSPS) is 18.4. The Morgan fingerprint density at radius 1 is 1.36 bits per heavy atom. The van der Waals surface area contributed by atoms with Crippen molar-refractivity contribution in [1.82, 2.24) is 25.7 Å². The van der Waals surface area contributed by atoms with E-state index in [-0.39, 0.29) is 24.2 Å². The molecule has 2 amide bonds. The van der Waals surface area contributed by atoms with Gasteiger partial charge in [-0.25, -0.2) is 0 Å². The van der Waals surface area contributed by atoms with E-state index in [1.807, 2.05) is 24.3 Å². The number of fused-ring (bicyclic) bond motifs is 1. The van der Waals surface area contributed by atoms with E-state index >= 15 is 0 Å². The van der Waals surface area contributed by atoms with Crippen LogP contribution in [0, 0.1) is 0 Å². The van der Waals surface area contributed by atoms with Gasteiger partial charge in [0.1, 0.15) is 11.8 Å². The summed E-state index contributed by atoms with van der Waals surface area (Å²) in [7, 11) is 1.62. The number of nitrogens with zero attached hydrogens (tertiary/aromatic N) is 2. The lowest BCUT2D eigenvalue weighted by atomic mass is 10.1. The maximum Gasteiger partial charge on any atom is 0.272 e. The van der Waals surface area contributed by atoms with Gasteiger partial charge < -0.3 is 20.3 Å². The molecule has 1 fully saturated rings. The molecule has 9 heteroatoms. The number of aromatic amines is 1. The number of H-pyrrole nitrogens is 1. The highest BCUT2D eigenvalue weighted by Gasteiger charge is 2.34. The minimum Gasteiger partial charge on any atom is -0.497 e. The van der Waals surface area contributed by atoms with Crippen molar-refractivity contribution in [2.45, 2.75) is 32.0 Å². The third-order valence-corrected chi connectivity index (χ3v) is 5.16. The van der Waals surface area contributed by atoms with E-state index in [1.165, 1.54) is 0 Å². The molecule has 8 nitrogen and oxygen atoms in total.